The van der Waals surface area contributed by atoms with Gasteiger partial charge in [-0.3, -0.25) is 0 Å². The molecule has 0 aliphatic rings. The van der Waals surface area contributed by atoms with Crippen molar-refractivity contribution in [3.05, 3.63) is 18.2 Å². The third kappa shape index (κ3) is 4.93. The number of hydrogen-bond acceptors (Lipinski definition) is 5. The summed E-state index contributed by atoms with van der Waals surface area (Å²) in [6.45, 7) is 3.90. The zero-order chi connectivity index (χ0) is 14.5. The predicted octanol–water partition coefficient (Wildman–Crippen LogP) is 1.78. The Labute approximate surface area is 118 Å². The standard InChI is InChI=1S/C12H20N2O3S2/c1-3-18-7-6-9(2)14-19(16,17)10-4-5-12(15)11(13)8-10/h4-5,8-9,14-15H,3,6-7,13H2,1-2H3. The van der Waals surface area contributed by atoms with Crippen molar-refractivity contribution in [2.45, 2.75) is 31.2 Å². The van der Waals surface area contributed by atoms with Gasteiger partial charge in [-0.25, -0.2) is 13.1 Å². The molecule has 0 aliphatic heterocycles. The Bertz CT molecular complexity index is 518. The number of phenolic OH excluding ortho intramolecular Hbond substituents is 1. The van der Waals surface area contributed by atoms with Crippen molar-refractivity contribution in [3.63, 3.8) is 0 Å². The summed E-state index contributed by atoms with van der Waals surface area (Å²) in [4.78, 5) is 0.0674. The highest BCUT2D eigenvalue weighted by molar-refractivity contribution is 7.99. The molecule has 0 fully saturated rings. The van der Waals surface area contributed by atoms with E-state index in [0.717, 1.165) is 17.9 Å². The SMILES string of the molecule is CCSCCC(C)NS(=O)(=O)c1ccc(O)c(N)c1. The Morgan fingerprint density at radius 3 is 2.74 bits per heavy atom. The van der Waals surface area contributed by atoms with E-state index in [1.54, 1.807) is 11.8 Å². The predicted molar refractivity (Wildman–Crippen MR) is 79.9 cm³/mol. The highest BCUT2D eigenvalue weighted by atomic mass is 32.2. The lowest BCUT2D eigenvalue weighted by molar-refractivity contribution is 0.477. The van der Waals surface area contributed by atoms with Crippen LogP contribution in [0.4, 0.5) is 5.69 Å². The molecule has 0 amide bonds. The van der Waals surface area contributed by atoms with Crippen LogP contribution in [0.25, 0.3) is 0 Å². The molecule has 0 saturated carbocycles. The second-order valence-electron chi connectivity index (χ2n) is 4.23. The summed E-state index contributed by atoms with van der Waals surface area (Å²) in [5.74, 6) is 1.82. The Kier molecular flexibility index (Phi) is 5.96. The molecule has 1 aromatic carbocycles. The van der Waals surface area contributed by atoms with E-state index >= 15 is 0 Å². The number of anilines is 1. The van der Waals surface area contributed by atoms with Gasteiger partial charge in [-0.05, 0) is 43.0 Å². The second kappa shape index (κ2) is 7.02. The molecule has 0 radical (unpaired) electrons. The first-order valence-electron chi connectivity index (χ1n) is 6.05. The quantitative estimate of drug-likeness (QED) is 0.406. The van der Waals surface area contributed by atoms with Crippen LogP contribution >= 0.6 is 11.8 Å². The van der Waals surface area contributed by atoms with Gasteiger partial charge in [0, 0.05) is 6.04 Å². The molecule has 19 heavy (non-hydrogen) atoms. The number of nitrogens with two attached hydrogens (primary N) is 1. The molecule has 0 bridgehead atoms. The summed E-state index contributed by atoms with van der Waals surface area (Å²) in [5.41, 5.74) is 5.55. The van der Waals surface area contributed by atoms with Crippen LogP contribution in [0.1, 0.15) is 20.3 Å². The maximum Gasteiger partial charge on any atom is 0.240 e. The largest absolute Gasteiger partial charge is 0.506 e. The lowest BCUT2D eigenvalue weighted by Crippen LogP contribution is -2.33. The summed E-state index contributed by atoms with van der Waals surface area (Å²) < 4.78 is 26.8. The van der Waals surface area contributed by atoms with E-state index < -0.39 is 10.0 Å². The van der Waals surface area contributed by atoms with Gasteiger partial charge in [0.1, 0.15) is 5.75 Å². The normalized spacial score (nSPS) is 13.4. The van der Waals surface area contributed by atoms with E-state index in [1.165, 1.54) is 18.2 Å². The zero-order valence-electron chi connectivity index (χ0n) is 11.1. The fourth-order valence-corrected chi connectivity index (χ4v) is 3.62. The minimum absolute atomic E-state index is 0.0528. The van der Waals surface area contributed by atoms with Crippen LogP contribution in [0.3, 0.4) is 0 Å². The number of sulfonamides is 1. The number of nitrogen functional groups attached to an aromatic ring is 1. The van der Waals surface area contributed by atoms with E-state index in [-0.39, 0.29) is 22.4 Å². The molecule has 1 aromatic rings. The number of rotatable bonds is 7. The zero-order valence-corrected chi connectivity index (χ0v) is 12.7. The lowest BCUT2D eigenvalue weighted by Gasteiger charge is -2.14. The summed E-state index contributed by atoms with van der Waals surface area (Å²) in [6, 6.07) is 3.73. The molecule has 5 nitrogen and oxygen atoms in total. The highest BCUT2D eigenvalue weighted by Crippen LogP contribution is 2.23. The molecular weight excluding hydrogens is 284 g/mol. The smallest absolute Gasteiger partial charge is 0.240 e. The molecule has 4 N–H and O–H groups in total. The molecule has 1 unspecified atom stereocenters. The van der Waals surface area contributed by atoms with Crippen LogP contribution in [-0.4, -0.2) is 31.1 Å². The van der Waals surface area contributed by atoms with Gasteiger partial charge in [0.15, 0.2) is 0 Å². The van der Waals surface area contributed by atoms with E-state index in [4.69, 9.17) is 5.73 Å². The van der Waals surface area contributed by atoms with Gasteiger partial charge in [0.2, 0.25) is 10.0 Å². The van der Waals surface area contributed by atoms with Crippen molar-refractivity contribution in [2.75, 3.05) is 17.2 Å². The minimum Gasteiger partial charge on any atom is -0.506 e. The fourth-order valence-electron chi connectivity index (χ4n) is 1.50. The van der Waals surface area contributed by atoms with Crippen molar-refractivity contribution in [3.8, 4) is 5.75 Å². The molecule has 0 heterocycles. The lowest BCUT2D eigenvalue weighted by atomic mass is 10.3. The number of aromatic hydroxyl groups is 1. The van der Waals surface area contributed by atoms with Crippen molar-refractivity contribution in [1.82, 2.24) is 4.72 Å². The molecule has 0 aliphatic carbocycles. The number of benzene rings is 1. The van der Waals surface area contributed by atoms with Crippen LogP contribution in [0.5, 0.6) is 5.75 Å². The van der Waals surface area contributed by atoms with Gasteiger partial charge in [-0.15, -0.1) is 0 Å². The van der Waals surface area contributed by atoms with Gasteiger partial charge in [0.25, 0.3) is 0 Å². The van der Waals surface area contributed by atoms with Gasteiger partial charge >= 0.3 is 0 Å². The van der Waals surface area contributed by atoms with Gasteiger partial charge < -0.3 is 10.8 Å². The van der Waals surface area contributed by atoms with Gasteiger partial charge in [0.05, 0.1) is 10.6 Å². The fraction of sp³-hybridized carbons (Fsp3) is 0.500. The first-order chi connectivity index (χ1) is 8.86. The highest BCUT2D eigenvalue weighted by Gasteiger charge is 2.18. The average molecular weight is 304 g/mol. The Balaban J connectivity index is 2.72. The van der Waals surface area contributed by atoms with E-state index in [1.807, 2.05) is 6.92 Å². The maximum atomic E-state index is 12.1. The summed E-state index contributed by atoms with van der Waals surface area (Å²) in [7, 11) is -3.59. The molecule has 0 saturated heterocycles. The maximum absolute atomic E-state index is 12.1. The molecule has 0 spiro atoms. The van der Waals surface area contributed by atoms with Crippen molar-refractivity contribution in [2.24, 2.45) is 0 Å². The van der Waals surface area contributed by atoms with Crippen LogP contribution in [-0.2, 0) is 10.0 Å². The summed E-state index contributed by atoms with van der Waals surface area (Å²) in [5, 5.41) is 9.29. The topological polar surface area (TPSA) is 92.4 Å². The van der Waals surface area contributed by atoms with Crippen molar-refractivity contribution >= 4 is 27.5 Å². The molecule has 0 aromatic heterocycles. The van der Waals surface area contributed by atoms with E-state index in [0.29, 0.717) is 0 Å². The molecule has 1 atom stereocenters. The number of hydrogen-bond donors (Lipinski definition) is 3. The molecule has 1 rings (SSSR count). The summed E-state index contributed by atoms with van der Waals surface area (Å²) >= 11 is 1.77. The van der Waals surface area contributed by atoms with Crippen LogP contribution in [0.15, 0.2) is 23.1 Å². The molecular formula is C12H20N2O3S2. The first-order valence-corrected chi connectivity index (χ1v) is 8.69. The first kappa shape index (κ1) is 16.1. The van der Waals surface area contributed by atoms with Gasteiger partial charge in [-0.1, -0.05) is 6.92 Å². The molecule has 108 valence electrons. The minimum atomic E-state index is -3.59. The number of thioether (sulfide) groups is 1. The third-order valence-corrected chi connectivity index (χ3v) is 5.08. The Morgan fingerprint density at radius 2 is 2.16 bits per heavy atom. The van der Waals surface area contributed by atoms with Gasteiger partial charge in [-0.2, -0.15) is 11.8 Å². The Hall–Kier alpha value is -0.920. The second-order valence-corrected chi connectivity index (χ2v) is 7.34. The Morgan fingerprint density at radius 1 is 1.47 bits per heavy atom. The van der Waals surface area contributed by atoms with E-state index in [2.05, 4.69) is 11.6 Å². The number of phenols is 1. The van der Waals surface area contributed by atoms with Crippen LogP contribution in [0.2, 0.25) is 0 Å². The van der Waals surface area contributed by atoms with E-state index in [9.17, 15) is 13.5 Å². The summed E-state index contributed by atoms with van der Waals surface area (Å²) in [6.07, 6.45) is 0.769. The number of nitrogens with one attached hydrogen (secondary N) is 1. The average Bonchev–Trinajstić information content (AvgIpc) is 2.32. The monoisotopic (exact) mass is 304 g/mol. The third-order valence-electron chi connectivity index (χ3n) is 2.56. The van der Waals surface area contributed by atoms with Crippen LogP contribution in [0, 0.1) is 0 Å². The van der Waals surface area contributed by atoms with Crippen molar-refractivity contribution < 1.29 is 13.5 Å². The molecule has 7 heteroatoms. The van der Waals surface area contributed by atoms with Crippen LogP contribution < -0.4 is 10.5 Å². The van der Waals surface area contributed by atoms with Crippen molar-refractivity contribution in [1.29, 1.82) is 0 Å².